The molecule has 0 atom stereocenters. The Morgan fingerprint density at radius 3 is 2.73 bits per heavy atom. The van der Waals surface area contributed by atoms with Crippen molar-refractivity contribution in [2.75, 3.05) is 17.2 Å². The number of aromatic nitrogens is 2. The van der Waals surface area contributed by atoms with Gasteiger partial charge in [0.1, 0.15) is 11.4 Å². The molecule has 116 valence electrons. The zero-order valence-electron chi connectivity index (χ0n) is 11.8. The summed E-state index contributed by atoms with van der Waals surface area (Å²) in [4.78, 5) is 18.8. The van der Waals surface area contributed by atoms with Crippen molar-refractivity contribution in [1.82, 2.24) is 9.97 Å². The molecule has 6 nitrogen and oxygen atoms in total. The van der Waals surface area contributed by atoms with E-state index in [0.29, 0.717) is 23.1 Å². The number of hydrogen-bond acceptors (Lipinski definition) is 5. The molecular formula is C14H15Cl2N5O. The van der Waals surface area contributed by atoms with Gasteiger partial charge in [0.15, 0.2) is 0 Å². The van der Waals surface area contributed by atoms with Gasteiger partial charge in [-0.1, -0.05) is 29.3 Å². The van der Waals surface area contributed by atoms with Gasteiger partial charge in [-0.2, -0.15) is 0 Å². The molecular weight excluding hydrogens is 325 g/mol. The molecule has 0 saturated heterocycles. The minimum absolute atomic E-state index is 0.280. The van der Waals surface area contributed by atoms with E-state index in [1.54, 1.807) is 12.1 Å². The van der Waals surface area contributed by atoms with Gasteiger partial charge in [0.25, 0.3) is 5.56 Å². The standard InChI is InChI=1S/C14H15Cl2N5O/c1-2-18-12-11(6-17)20-14(21-13(12)22)19-7-8-3-4-9(15)10(16)5-8/h3-6,17-18H,2,7H2,1H3,(H2,19,20,21,22). The number of nitrogens with one attached hydrogen (secondary N) is 4. The molecule has 1 aromatic carbocycles. The molecule has 0 saturated carbocycles. The molecule has 0 aliphatic rings. The number of rotatable bonds is 6. The fourth-order valence-corrected chi connectivity index (χ4v) is 2.18. The molecule has 22 heavy (non-hydrogen) atoms. The second kappa shape index (κ2) is 7.29. The highest BCUT2D eigenvalue weighted by Crippen LogP contribution is 2.22. The average Bonchev–Trinajstić information content (AvgIpc) is 2.50. The van der Waals surface area contributed by atoms with Gasteiger partial charge < -0.3 is 16.0 Å². The third-order valence-electron chi connectivity index (χ3n) is 2.88. The summed E-state index contributed by atoms with van der Waals surface area (Å²) in [6.45, 7) is 2.85. The molecule has 0 amide bonds. The number of halogens is 2. The van der Waals surface area contributed by atoms with Gasteiger partial charge in [0.2, 0.25) is 5.95 Å². The van der Waals surface area contributed by atoms with Crippen LogP contribution >= 0.6 is 23.2 Å². The number of anilines is 2. The van der Waals surface area contributed by atoms with Crippen LogP contribution in [0.1, 0.15) is 18.2 Å². The summed E-state index contributed by atoms with van der Waals surface area (Å²) in [5.41, 5.74) is 1.14. The summed E-state index contributed by atoms with van der Waals surface area (Å²) in [6.07, 6.45) is 1.04. The fraction of sp³-hybridized carbons (Fsp3) is 0.214. The first-order valence-electron chi connectivity index (χ1n) is 6.61. The first-order valence-corrected chi connectivity index (χ1v) is 7.37. The Morgan fingerprint density at radius 2 is 2.09 bits per heavy atom. The van der Waals surface area contributed by atoms with Crippen LogP contribution in [0.15, 0.2) is 23.0 Å². The molecule has 0 bridgehead atoms. The van der Waals surface area contributed by atoms with Gasteiger partial charge in [-0.25, -0.2) is 4.98 Å². The Hall–Kier alpha value is -2.05. The van der Waals surface area contributed by atoms with Crippen LogP contribution in [0.25, 0.3) is 0 Å². The monoisotopic (exact) mass is 339 g/mol. The van der Waals surface area contributed by atoms with E-state index in [9.17, 15) is 4.79 Å². The second-order valence-electron chi connectivity index (χ2n) is 4.45. The highest BCUT2D eigenvalue weighted by molar-refractivity contribution is 6.42. The Morgan fingerprint density at radius 1 is 1.32 bits per heavy atom. The molecule has 0 spiro atoms. The molecule has 2 rings (SSSR count). The Labute approximate surface area is 137 Å². The lowest BCUT2D eigenvalue weighted by molar-refractivity contribution is 1.02. The highest BCUT2D eigenvalue weighted by atomic mass is 35.5. The van der Waals surface area contributed by atoms with Gasteiger partial charge in [0.05, 0.1) is 10.0 Å². The molecule has 1 aromatic heterocycles. The molecule has 0 unspecified atom stereocenters. The summed E-state index contributed by atoms with van der Waals surface area (Å²) in [7, 11) is 0. The van der Waals surface area contributed by atoms with Crippen LogP contribution in [0, 0.1) is 5.41 Å². The first-order chi connectivity index (χ1) is 10.5. The van der Waals surface area contributed by atoms with E-state index in [4.69, 9.17) is 28.6 Å². The summed E-state index contributed by atoms with van der Waals surface area (Å²) in [6, 6.07) is 5.26. The number of H-pyrrole nitrogens is 1. The van der Waals surface area contributed by atoms with Crippen molar-refractivity contribution in [3.63, 3.8) is 0 Å². The van der Waals surface area contributed by atoms with E-state index < -0.39 is 0 Å². The van der Waals surface area contributed by atoms with Crippen LogP contribution in [-0.4, -0.2) is 22.7 Å². The van der Waals surface area contributed by atoms with E-state index in [1.807, 2.05) is 13.0 Å². The van der Waals surface area contributed by atoms with Gasteiger partial charge >= 0.3 is 0 Å². The van der Waals surface area contributed by atoms with Crippen molar-refractivity contribution < 1.29 is 0 Å². The summed E-state index contributed by atoms with van der Waals surface area (Å²) >= 11 is 11.8. The minimum Gasteiger partial charge on any atom is -0.379 e. The Balaban J connectivity index is 2.19. The average molecular weight is 340 g/mol. The second-order valence-corrected chi connectivity index (χ2v) is 5.27. The third kappa shape index (κ3) is 3.78. The predicted molar refractivity (Wildman–Crippen MR) is 90.7 cm³/mol. The van der Waals surface area contributed by atoms with Gasteiger partial charge in [-0.05, 0) is 24.6 Å². The van der Waals surface area contributed by atoms with E-state index in [0.717, 1.165) is 11.8 Å². The van der Waals surface area contributed by atoms with Crippen LogP contribution in [0.2, 0.25) is 10.0 Å². The van der Waals surface area contributed by atoms with Crippen LogP contribution in [0.3, 0.4) is 0 Å². The molecule has 8 heteroatoms. The lowest BCUT2D eigenvalue weighted by Crippen LogP contribution is -2.20. The van der Waals surface area contributed by atoms with Crippen LogP contribution < -0.4 is 16.2 Å². The van der Waals surface area contributed by atoms with Crippen LogP contribution in [0.4, 0.5) is 11.6 Å². The van der Waals surface area contributed by atoms with E-state index >= 15 is 0 Å². The lowest BCUT2D eigenvalue weighted by atomic mass is 10.2. The number of aromatic amines is 1. The molecule has 2 aromatic rings. The summed E-state index contributed by atoms with van der Waals surface area (Å²) < 4.78 is 0. The van der Waals surface area contributed by atoms with Gasteiger partial charge in [-0.3, -0.25) is 9.78 Å². The van der Waals surface area contributed by atoms with Gasteiger partial charge in [0, 0.05) is 19.3 Å². The topological polar surface area (TPSA) is 93.7 Å². The Kier molecular flexibility index (Phi) is 5.41. The first kappa shape index (κ1) is 16.3. The maximum atomic E-state index is 12.0. The minimum atomic E-state index is -0.327. The predicted octanol–water partition coefficient (Wildman–Crippen LogP) is 3.12. The van der Waals surface area contributed by atoms with Crippen molar-refractivity contribution >= 4 is 41.1 Å². The van der Waals surface area contributed by atoms with E-state index in [1.165, 1.54) is 0 Å². The van der Waals surface area contributed by atoms with Crippen molar-refractivity contribution in [2.45, 2.75) is 13.5 Å². The quantitative estimate of drug-likeness (QED) is 0.608. The van der Waals surface area contributed by atoms with Crippen molar-refractivity contribution in [3.8, 4) is 0 Å². The maximum absolute atomic E-state index is 12.0. The largest absolute Gasteiger partial charge is 0.379 e. The summed E-state index contributed by atoms with van der Waals surface area (Å²) in [5, 5.41) is 14.2. The zero-order valence-corrected chi connectivity index (χ0v) is 13.3. The van der Waals surface area contributed by atoms with Crippen LogP contribution in [-0.2, 0) is 6.54 Å². The van der Waals surface area contributed by atoms with Crippen molar-refractivity contribution in [3.05, 3.63) is 49.9 Å². The number of benzene rings is 1. The van der Waals surface area contributed by atoms with E-state index in [2.05, 4.69) is 20.6 Å². The highest BCUT2D eigenvalue weighted by Gasteiger charge is 2.09. The zero-order chi connectivity index (χ0) is 16.1. The molecule has 0 aliphatic heterocycles. The Bertz CT molecular complexity index is 744. The molecule has 0 fully saturated rings. The lowest BCUT2D eigenvalue weighted by Gasteiger charge is -2.10. The fourth-order valence-electron chi connectivity index (χ4n) is 1.86. The van der Waals surface area contributed by atoms with Gasteiger partial charge in [-0.15, -0.1) is 0 Å². The molecule has 0 radical (unpaired) electrons. The molecule has 0 aliphatic carbocycles. The summed E-state index contributed by atoms with van der Waals surface area (Å²) in [5.74, 6) is 0.288. The maximum Gasteiger partial charge on any atom is 0.276 e. The van der Waals surface area contributed by atoms with Crippen LogP contribution in [0.5, 0.6) is 0 Å². The van der Waals surface area contributed by atoms with Crippen molar-refractivity contribution in [1.29, 1.82) is 5.41 Å². The molecule has 4 N–H and O–H groups in total. The van der Waals surface area contributed by atoms with Crippen molar-refractivity contribution in [2.24, 2.45) is 0 Å². The number of nitrogens with zero attached hydrogens (tertiary/aromatic N) is 1. The molecule has 1 heterocycles. The van der Waals surface area contributed by atoms with E-state index in [-0.39, 0.29) is 22.9 Å². The third-order valence-corrected chi connectivity index (χ3v) is 3.62. The number of hydrogen-bond donors (Lipinski definition) is 4. The SMILES string of the molecule is CCNc1c(C=N)nc(NCc2ccc(Cl)c(Cl)c2)[nH]c1=O. The smallest absolute Gasteiger partial charge is 0.276 e. The normalized spacial score (nSPS) is 10.3.